The summed E-state index contributed by atoms with van der Waals surface area (Å²) in [6, 6.07) is 1.13. The number of hydrogen-bond donors (Lipinski definition) is 1. The molecule has 7 nitrogen and oxygen atoms in total. The molecule has 0 unspecified atom stereocenters. The van der Waals surface area contributed by atoms with Gasteiger partial charge in [-0.3, -0.25) is 4.79 Å². The minimum Gasteiger partial charge on any atom is -0.372 e. The van der Waals surface area contributed by atoms with E-state index < -0.39 is 15.8 Å². The fourth-order valence-electron chi connectivity index (χ4n) is 2.19. The van der Waals surface area contributed by atoms with Crippen molar-refractivity contribution in [2.75, 3.05) is 44.8 Å². The van der Waals surface area contributed by atoms with Crippen molar-refractivity contribution in [2.24, 2.45) is 0 Å². The Labute approximate surface area is 122 Å². The van der Waals surface area contributed by atoms with Crippen LogP contribution in [0, 0.1) is 5.82 Å². The SMILES string of the molecule is CNc1ncc(F)cc1C(=O)N1CCN(S(C)(=O)=O)CC1. The zero-order chi connectivity index (χ0) is 15.6. The zero-order valence-corrected chi connectivity index (χ0v) is 12.7. The zero-order valence-electron chi connectivity index (χ0n) is 11.8. The topological polar surface area (TPSA) is 82.6 Å². The third-order valence-corrected chi connectivity index (χ3v) is 4.62. The maximum atomic E-state index is 13.3. The minimum atomic E-state index is -3.25. The van der Waals surface area contributed by atoms with Gasteiger partial charge in [0.05, 0.1) is 18.0 Å². The molecule has 1 saturated heterocycles. The number of aromatic nitrogens is 1. The third kappa shape index (κ3) is 3.48. The average Bonchev–Trinajstić information content (AvgIpc) is 2.45. The molecule has 1 N–H and O–H groups in total. The van der Waals surface area contributed by atoms with Crippen LogP contribution in [-0.4, -0.2) is 68.0 Å². The first-order valence-corrected chi connectivity index (χ1v) is 8.25. The smallest absolute Gasteiger partial charge is 0.257 e. The fourth-order valence-corrected chi connectivity index (χ4v) is 3.02. The number of pyridine rings is 1. The summed E-state index contributed by atoms with van der Waals surface area (Å²) in [7, 11) is -1.65. The summed E-state index contributed by atoms with van der Waals surface area (Å²) >= 11 is 0. The Balaban J connectivity index is 2.14. The lowest BCUT2D eigenvalue weighted by Gasteiger charge is -2.33. The third-order valence-electron chi connectivity index (χ3n) is 3.32. The van der Waals surface area contributed by atoms with Gasteiger partial charge in [-0.2, -0.15) is 4.31 Å². The number of anilines is 1. The number of carbonyl (C=O) groups is 1. The van der Waals surface area contributed by atoms with Crippen molar-refractivity contribution in [2.45, 2.75) is 0 Å². The van der Waals surface area contributed by atoms with Gasteiger partial charge in [-0.05, 0) is 6.07 Å². The normalized spacial score (nSPS) is 16.8. The van der Waals surface area contributed by atoms with E-state index in [9.17, 15) is 17.6 Å². The van der Waals surface area contributed by atoms with Crippen LogP contribution in [0.4, 0.5) is 10.2 Å². The Morgan fingerprint density at radius 1 is 1.33 bits per heavy atom. The molecule has 1 amide bonds. The molecular formula is C12H17FN4O3S. The van der Waals surface area contributed by atoms with Gasteiger partial charge in [-0.25, -0.2) is 17.8 Å². The molecule has 9 heteroatoms. The maximum Gasteiger partial charge on any atom is 0.257 e. The molecule has 0 aromatic carbocycles. The van der Waals surface area contributed by atoms with E-state index in [1.54, 1.807) is 7.05 Å². The number of nitrogens with zero attached hydrogens (tertiary/aromatic N) is 3. The van der Waals surface area contributed by atoms with E-state index in [0.717, 1.165) is 18.5 Å². The lowest BCUT2D eigenvalue weighted by Crippen LogP contribution is -2.50. The van der Waals surface area contributed by atoms with E-state index in [4.69, 9.17) is 0 Å². The van der Waals surface area contributed by atoms with Crippen molar-refractivity contribution < 1.29 is 17.6 Å². The molecule has 0 bridgehead atoms. The van der Waals surface area contributed by atoms with E-state index in [2.05, 4.69) is 10.3 Å². The number of sulfonamides is 1. The van der Waals surface area contributed by atoms with Crippen LogP contribution in [0.25, 0.3) is 0 Å². The molecular weight excluding hydrogens is 299 g/mol. The summed E-state index contributed by atoms with van der Waals surface area (Å²) < 4.78 is 37.5. The highest BCUT2D eigenvalue weighted by molar-refractivity contribution is 7.88. The van der Waals surface area contributed by atoms with Crippen LogP contribution in [0.15, 0.2) is 12.3 Å². The first-order chi connectivity index (χ1) is 9.82. The van der Waals surface area contributed by atoms with Gasteiger partial charge in [0, 0.05) is 33.2 Å². The molecule has 1 aromatic heterocycles. The van der Waals surface area contributed by atoms with Crippen molar-refractivity contribution >= 4 is 21.7 Å². The molecule has 2 heterocycles. The van der Waals surface area contributed by atoms with Gasteiger partial charge >= 0.3 is 0 Å². The number of rotatable bonds is 3. The second kappa shape index (κ2) is 5.94. The van der Waals surface area contributed by atoms with Crippen molar-refractivity contribution in [1.29, 1.82) is 0 Å². The number of amides is 1. The van der Waals surface area contributed by atoms with Crippen LogP contribution in [-0.2, 0) is 10.0 Å². The Morgan fingerprint density at radius 2 is 1.95 bits per heavy atom. The van der Waals surface area contributed by atoms with Crippen molar-refractivity contribution in [3.05, 3.63) is 23.6 Å². The predicted molar refractivity (Wildman–Crippen MR) is 76.1 cm³/mol. The van der Waals surface area contributed by atoms with Crippen LogP contribution < -0.4 is 5.32 Å². The van der Waals surface area contributed by atoms with Crippen LogP contribution >= 0.6 is 0 Å². The summed E-state index contributed by atoms with van der Waals surface area (Å²) in [5.74, 6) is -0.654. The van der Waals surface area contributed by atoms with E-state index in [1.165, 1.54) is 9.21 Å². The fraction of sp³-hybridized carbons (Fsp3) is 0.500. The lowest BCUT2D eigenvalue weighted by atomic mass is 10.2. The molecule has 0 spiro atoms. The van der Waals surface area contributed by atoms with Crippen LogP contribution in [0.1, 0.15) is 10.4 Å². The van der Waals surface area contributed by atoms with Gasteiger partial charge in [0.15, 0.2) is 0 Å². The van der Waals surface area contributed by atoms with Gasteiger partial charge in [0.25, 0.3) is 5.91 Å². The van der Waals surface area contributed by atoms with Crippen LogP contribution in [0.5, 0.6) is 0 Å². The molecule has 2 rings (SSSR count). The molecule has 1 aliphatic rings. The standard InChI is InChI=1S/C12H17FN4O3S/c1-14-11-10(7-9(13)8-15-11)12(18)16-3-5-17(6-4-16)21(2,19)20/h7-8H,3-6H2,1-2H3,(H,14,15). The van der Waals surface area contributed by atoms with Crippen molar-refractivity contribution in [3.63, 3.8) is 0 Å². The molecule has 0 saturated carbocycles. The van der Waals surface area contributed by atoms with E-state index in [1.807, 2.05) is 0 Å². The molecule has 1 aliphatic heterocycles. The second-order valence-corrected chi connectivity index (χ2v) is 6.74. The monoisotopic (exact) mass is 316 g/mol. The van der Waals surface area contributed by atoms with Gasteiger partial charge in [-0.1, -0.05) is 0 Å². The largest absolute Gasteiger partial charge is 0.372 e. The summed E-state index contributed by atoms with van der Waals surface area (Å²) in [6.07, 6.45) is 2.17. The lowest BCUT2D eigenvalue weighted by molar-refractivity contribution is 0.0698. The van der Waals surface area contributed by atoms with Gasteiger partial charge < -0.3 is 10.2 Å². The number of hydrogen-bond acceptors (Lipinski definition) is 5. The summed E-state index contributed by atoms with van der Waals surface area (Å²) in [4.78, 5) is 17.7. The first-order valence-electron chi connectivity index (χ1n) is 6.40. The maximum absolute atomic E-state index is 13.3. The summed E-state index contributed by atoms with van der Waals surface area (Å²) in [6.45, 7) is 1.02. The van der Waals surface area contributed by atoms with Crippen LogP contribution in [0.2, 0.25) is 0 Å². The first kappa shape index (κ1) is 15.6. The molecule has 116 valence electrons. The molecule has 21 heavy (non-hydrogen) atoms. The highest BCUT2D eigenvalue weighted by Gasteiger charge is 2.28. The number of piperazine rings is 1. The minimum absolute atomic E-state index is 0.144. The second-order valence-electron chi connectivity index (χ2n) is 4.75. The number of nitrogens with one attached hydrogen (secondary N) is 1. The Bertz CT molecular complexity index is 642. The molecule has 1 aromatic rings. The average molecular weight is 316 g/mol. The number of carbonyl (C=O) groups excluding carboxylic acids is 1. The summed E-state index contributed by atoms with van der Waals surface area (Å²) in [5, 5.41) is 2.74. The Hall–Kier alpha value is -1.74. The molecule has 0 radical (unpaired) electrons. The molecule has 1 fully saturated rings. The van der Waals surface area contributed by atoms with Crippen molar-refractivity contribution in [3.8, 4) is 0 Å². The van der Waals surface area contributed by atoms with Crippen LogP contribution in [0.3, 0.4) is 0 Å². The summed E-state index contributed by atoms with van der Waals surface area (Å²) in [5.41, 5.74) is 0.144. The van der Waals surface area contributed by atoms with Gasteiger partial charge in [-0.15, -0.1) is 0 Å². The van der Waals surface area contributed by atoms with E-state index in [0.29, 0.717) is 5.82 Å². The van der Waals surface area contributed by atoms with Gasteiger partial charge in [0.2, 0.25) is 10.0 Å². The Kier molecular flexibility index (Phi) is 4.43. The Morgan fingerprint density at radius 3 is 2.48 bits per heavy atom. The highest BCUT2D eigenvalue weighted by atomic mass is 32.2. The van der Waals surface area contributed by atoms with E-state index >= 15 is 0 Å². The molecule has 0 aliphatic carbocycles. The van der Waals surface area contributed by atoms with Crippen molar-refractivity contribution in [1.82, 2.24) is 14.2 Å². The van der Waals surface area contributed by atoms with E-state index in [-0.39, 0.29) is 37.6 Å². The predicted octanol–water partition coefficient (Wildman–Crippen LogP) is -0.0202. The number of halogens is 1. The quantitative estimate of drug-likeness (QED) is 0.847. The highest BCUT2D eigenvalue weighted by Crippen LogP contribution is 2.17. The molecule has 0 atom stereocenters. The van der Waals surface area contributed by atoms with Gasteiger partial charge in [0.1, 0.15) is 11.6 Å².